The summed E-state index contributed by atoms with van der Waals surface area (Å²) in [6.45, 7) is 7.36. The van der Waals surface area contributed by atoms with Gasteiger partial charge in [0.15, 0.2) is 0 Å². The lowest BCUT2D eigenvalue weighted by molar-refractivity contribution is 0.0636. The summed E-state index contributed by atoms with van der Waals surface area (Å²) in [5, 5.41) is 11.5. The standard InChI is InChI=1S/C15H21NO3/c1-11-7-8-12(6-5-9-17)10-13(11)16-14(18)19-15(2,3)4/h5-8,10,17H,9H2,1-4H3,(H,16,18)/b6-5+. The zero-order valence-corrected chi connectivity index (χ0v) is 11.9. The maximum atomic E-state index is 11.7. The highest BCUT2D eigenvalue weighted by Crippen LogP contribution is 2.19. The third-order valence-corrected chi connectivity index (χ3v) is 2.31. The van der Waals surface area contributed by atoms with E-state index >= 15 is 0 Å². The SMILES string of the molecule is Cc1ccc(/C=C/CO)cc1NC(=O)OC(C)(C)C. The van der Waals surface area contributed by atoms with Crippen LogP contribution in [0.25, 0.3) is 6.08 Å². The molecule has 0 atom stereocenters. The number of carbonyl (C=O) groups excluding carboxylic acids is 1. The Bertz CT molecular complexity index is 473. The first-order chi connectivity index (χ1) is 8.81. The van der Waals surface area contributed by atoms with Crippen LogP contribution in [0.1, 0.15) is 31.9 Å². The molecule has 1 rings (SSSR count). The van der Waals surface area contributed by atoms with Gasteiger partial charge in [0.25, 0.3) is 0 Å². The van der Waals surface area contributed by atoms with E-state index in [1.54, 1.807) is 12.2 Å². The number of aliphatic hydroxyl groups is 1. The van der Waals surface area contributed by atoms with Crippen molar-refractivity contribution in [3.63, 3.8) is 0 Å². The van der Waals surface area contributed by atoms with Gasteiger partial charge in [0.1, 0.15) is 5.60 Å². The zero-order valence-electron chi connectivity index (χ0n) is 11.9. The number of hydrogen-bond acceptors (Lipinski definition) is 3. The summed E-state index contributed by atoms with van der Waals surface area (Å²) >= 11 is 0. The molecule has 4 heteroatoms. The molecule has 0 aromatic heterocycles. The van der Waals surface area contributed by atoms with Gasteiger partial charge in [-0.2, -0.15) is 0 Å². The molecule has 1 aromatic carbocycles. The Kier molecular flexibility index (Phi) is 5.12. The molecule has 19 heavy (non-hydrogen) atoms. The Morgan fingerprint density at radius 1 is 1.42 bits per heavy atom. The van der Waals surface area contributed by atoms with E-state index in [2.05, 4.69) is 5.32 Å². The number of hydrogen-bond donors (Lipinski definition) is 2. The van der Waals surface area contributed by atoms with E-state index in [4.69, 9.17) is 9.84 Å². The van der Waals surface area contributed by atoms with E-state index in [1.807, 2.05) is 45.9 Å². The highest BCUT2D eigenvalue weighted by atomic mass is 16.6. The second-order valence-corrected chi connectivity index (χ2v) is 5.29. The number of aryl methyl sites for hydroxylation is 1. The number of amides is 1. The van der Waals surface area contributed by atoms with Crippen molar-refractivity contribution in [2.24, 2.45) is 0 Å². The maximum absolute atomic E-state index is 11.7. The van der Waals surface area contributed by atoms with Crippen LogP contribution >= 0.6 is 0 Å². The summed E-state index contributed by atoms with van der Waals surface area (Å²) in [7, 11) is 0. The van der Waals surface area contributed by atoms with E-state index in [0.29, 0.717) is 5.69 Å². The van der Waals surface area contributed by atoms with Crippen LogP contribution in [0.4, 0.5) is 10.5 Å². The normalized spacial score (nSPS) is 11.6. The van der Waals surface area contributed by atoms with Crippen LogP contribution in [-0.4, -0.2) is 23.4 Å². The van der Waals surface area contributed by atoms with Gasteiger partial charge in [-0.15, -0.1) is 0 Å². The minimum absolute atomic E-state index is 0.0112. The molecule has 0 unspecified atom stereocenters. The molecular formula is C15H21NO3. The van der Waals surface area contributed by atoms with Crippen LogP contribution in [0.3, 0.4) is 0 Å². The summed E-state index contributed by atoms with van der Waals surface area (Å²) in [5.74, 6) is 0. The van der Waals surface area contributed by atoms with Gasteiger partial charge in [0.05, 0.1) is 6.61 Å². The molecule has 0 saturated carbocycles. The minimum atomic E-state index is -0.521. The van der Waals surface area contributed by atoms with Gasteiger partial charge >= 0.3 is 6.09 Å². The van der Waals surface area contributed by atoms with Crippen LogP contribution in [0.5, 0.6) is 0 Å². The highest BCUT2D eigenvalue weighted by molar-refractivity contribution is 5.86. The number of carbonyl (C=O) groups is 1. The molecular weight excluding hydrogens is 242 g/mol. The van der Waals surface area contributed by atoms with E-state index < -0.39 is 11.7 Å². The van der Waals surface area contributed by atoms with Crippen molar-refractivity contribution in [1.82, 2.24) is 0 Å². The fourth-order valence-corrected chi connectivity index (χ4v) is 1.48. The van der Waals surface area contributed by atoms with Gasteiger partial charge in [-0.1, -0.05) is 24.3 Å². The Balaban J connectivity index is 2.82. The molecule has 0 aliphatic rings. The van der Waals surface area contributed by atoms with Crippen LogP contribution in [0, 0.1) is 6.92 Å². The molecule has 4 nitrogen and oxygen atoms in total. The lowest BCUT2D eigenvalue weighted by Crippen LogP contribution is -2.27. The fraction of sp³-hybridized carbons (Fsp3) is 0.400. The number of nitrogens with one attached hydrogen (secondary N) is 1. The van der Waals surface area contributed by atoms with Crippen LogP contribution in [-0.2, 0) is 4.74 Å². The second-order valence-electron chi connectivity index (χ2n) is 5.29. The first-order valence-corrected chi connectivity index (χ1v) is 6.20. The molecule has 0 spiro atoms. The molecule has 104 valence electrons. The fourth-order valence-electron chi connectivity index (χ4n) is 1.48. The molecule has 2 N–H and O–H groups in total. The lowest BCUT2D eigenvalue weighted by Gasteiger charge is -2.20. The van der Waals surface area contributed by atoms with Crippen molar-refractivity contribution in [1.29, 1.82) is 0 Å². The largest absolute Gasteiger partial charge is 0.444 e. The van der Waals surface area contributed by atoms with Gasteiger partial charge in [0.2, 0.25) is 0 Å². The molecule has 0 heterocycles. The van der Waals surface area contributed by atoms with Gasteiger partial charge in [-0.05, 0) is 44.9 Å². The van der Waals surface area contributed by atoms with Gasteiger partial charge in [-0.3, -0.25) is 5.32 Å². The predicted molar refractivity (Wildman–Crippen MR) is 77.2 cm³/mol. The van der Waals surface area contributed by atoms with Crippen LogP contribution < -0.4 is 5.32 Å². The van der Waals surface area contributed by atoms with E-state index in [-0.39, 0.29) is 6.61 Å². The lowest BCUT2D eigenvalue weighted by atomic mass is 10.1. The van der Waals surface area contributed by atoms with E-state index in [0.717, 1.165) is 11.1 Å². The van der Waals surface area contributed by atoms with Gasteiger partial charge < -0.3 is 9.84 Å². The van der Waals surface area contributed by atoms with Crippen molar-refractivity contribution in [2.75, 3.05) is 11.9 Å². The van der Waals surface area contributed by atoms with Gasteiger partial charge in [-0.25, -0.2) is 4.79 Å². The number of anilines is 1. The van der Waals surface area contributed by atoms with E-state index in [1.165, 1.54) is 0 Å². The summed E-state index contributed by atoms with van der Waals surface area (Å²) in [6, 6.07) is 5.66. The molecule has 1 aromatic rings. The molecule has 0 saturated heterocycles. The Morgan fingerprint density at radius 3 is 2.68 bits per heavy atom. The van der Waals surface area contributed by atoms with Crippen molar-refractivity contribution in [3.8, 4) is 0 Å². The Hall–Kier alpha value is -1.81. The molecule has 0 bridgehead atoms. The average molecular weight is 263 g/mol. The molecule has 0 aliphatic heterocycles. The number of benzene rings is 1. The van der Waals surface area contributed by atoms with Crippen LogP contribution in [0.15, 0.2) is 24.3 Å². The van der Waals surface area contributed by atoms with E-state index in [9.17, 15) is 4.79 Å². The van der Waals surface area contributed by atoms with Crippen molar-refractivity contribution in [2.45, 2.75) is 33.3 Å². The van der Waals surface area contributed by atoms with Crippen molar-refractivity contribution in [3.05, 3.63) is 35.4 Å². The molecule has 1 amide bonds. The third kappa shape index (κ3) is 5.57. The summed E-state index contributed by atoms with van der Waals surface area (Å²) in [4.78, 5) is 11.7. The zero-order chi connectivity index (χ0) is 14.5. The van der Waals surface area contributed by atoms with Crippen molar-refractivity contribution >= 4 is 17.9 Å². The first kappa shape index (κ1) is 15.2. The Morgan fingerprint density at radius 2 is 2.11 bits per heavy atom. The summed E-state index contributed by atoms with van der Waals surface area (Å²) in [6.07, 6.45) is 2.96. The number of aliphatic hydroxyl groups excluding tert-OH is 1. The summed E-state index contributed by atoms with van der Waals surface area (Å²) < 4.78 is 5.21. The quantitative estimate of drug-likeness (QED) is 0.879. The Labute approximate surface area is 114 Å². The van der Waals surface area contributed by atoms with Gasteiger partial charge in [0, 0.05) is 5.69 Å². The predicted octanol–water partition coefficient (Wildman–Crippen LogP) is 3.35. The smallest absolute Gasteiger partial charge is 0.412 e. The topological polar surface area (TPSA) is 58.6 Å². The van der Waals surface area contributed by atoms with Crippen molar-refractivity contribution < 1.29 is 14.6 Å². The summed E-state index contributed by atoms with van der Waals surface area (Å²) in [5.41, 5.74) is 2.04. The highest BCUT2D eigenvalue weighted by Gasteiger charge is 2.16. The maximum Gasteiger partial charge on any atom is 0.412 e. The molecule has 0 aliphatic carbocycles. The molecule has 0 fully saturated rings. The monoisotopic (exact) mass is 263 g/mol. The average Bonchev–Trinajstić information content (AvgIpc) is 2.27. The third-order valence-electron chi connectivity index (χ3n) is 2.31. The van der Waals surface area contributed by atoms with Crippen LogP contribution in [0.2, 0.25) is 0 Å². The minimum Gasteiger partial charge on any atom is -0.444 e. The first-order valence-electron chi connectivity index (χ1n) is 6.20. The second kappa shape index (κ2) is 6.38. The number of ether oxygens (including phenoxy) is 1. The molecule has 0 radical (unpaired) electrons. The number of rotatable bonds is 3.